The molecule has 2 heterocycles. The summed E-state index contributed by atoms with van der Waals surface area (Å²) in [7, 11) is 0. The Labute approximate surface area is 171 Å². The average molecular weight is 390 g/mol. The summed E-state index contributed by atoms with van der Waals surface area (Å²) in [6.45, 7) is 2.07. The number of carbonyl (C=O) groups excluding carboxylic acids is 2. The molecule has 5 rings (SSSR count). The molecule has 0 spiro atoms. The van der Waals surface area contributed by atoms with E-state index in [2.05, 4.69) is 6.07 Å². The van der Waals surface area contributed by atoms with E-state index in [1.54, 1.807) is 4.90 Å². The Balaban J connectivity index is 1.39. The summed E-state index contributed by atoms with van der Waals surface area (Å²) in [6.07, 6.45) is 4.06. The number of nitrogens with zero attached hydrogens (tertiary/aromatic N) is 2. The number of likely N-dealkylation sites (tertiary alicyclic amines) is 1. The van der Waals surface area contributed by atoms with E-state index in [0.717, 1.165) is 49.4 Å². The summed E-state index contributed by atoms with van der Waals surface area (Å²) < 4.78 is 6.00. The van der Waals surface area contributed by atoms with Crippen LogP contribution in [0, 0.1) is 5.41 Å². The number of hydrogen-bond acceptors (Lipinski definition) is 3. The summed E-state index contributed by atoms with van der Waals surface area (Å²) in [5, 5.41) is 0. The number of anilines is 1. The molecule has 0 aromatic heterocycles. The Morgan fingerprint density at radius 1 is 1.00 bits per heavy atom. The van der Waals surface area contributed by atoms with Crippen LogP contribution in [0.15, 0.2) is 54.6 Å². The van der Waals surface area contributed by atoms with E-state index in [1.165, 1.54) is 6.42 Å². The van der Waals surface area contributed by atoms with E-state index in [1.807, 2.05) is 53.4 Å². The van der Waals surface area contributed by atoms with Gasteiger partial charge in [0.15, 0.2) is 0 Å². The number of carbonyl (C=O) groups is 2. The molecule has 3 aliphatic rings. The van der Waals surface area contributed by atoms with E-state index >= 15 is 0 Å². The molecule has 1 aliphatic carbocycles. The first-order valence-electron chi connectivity index (χ1n) is 10.6. The zero-order chi connectivity index (χ0) is 19.8. The normalized spacial score (nSPS) is 25.2. The van der Waals surface area contributed by atoms with E-state index in [4.69, 9.17) is 4.74 Å². The summed E-state index contributed by atoms with van der Waals surface area (Å²) >= 11 is 0. The highest BCUT2D eigenvalue weighted by Gasteiger charge is 2.66. The second kappa shape index (κ2) is 7.21. The molecule has 2 aliphatic heterocycles. The van der Waals surface area contributed by atoms with Gasteiger partial charge in [-0.15, -0.1) is 0 Å². The molecule has 2 aromatic carbocycles. The minimum atomic E-state index is -0.549. The van der Waals surface area contributed by atoms with Gasteiger partial charge < -0.3 is 14.5 Å². The number of para-hydroxylation sites is 2. The van der Waals surface area contributed by atoms with Gasteiger partial charge in [0, 0.05) is 24.7 Å². The molecule has 5 heteroatoms. The maximum atomic E-state index is 13.6. The molecule has 2 atom stereocenters. The van der Waals surface area contributed by atoms with Gasteiger partial charge in [0.05, 0.1) is 5.41 Å². The lowest BCUT2D eigenvalue weighted by atomic mass is 9.91. The Bertz CT molecular complexity index is 923. The molecule has 2 amide bonds. The molecule has 2 fully saturated rings. The van der Waals surface area contributed by atoms with Gasteiger partial charge in [0.1, 0.15) is 18.9 Å². The largest absolute Gasteiger partial charge is 0.492 e. The SMILES string of the molecule is O=C(CN1C(=O)[C@@]2(COc3ccccc3)C[C@H]2c2ccccc21)N1CCCCC1. The van der Waals surface area contributed by atoms with Crippen LogP contribution in [0.2, 0.25) is 0 Å². The van der Waals surface area contributed by atoms with E-state index < -0.39 is 5.41 Å². The van der Waals surface area contributed by atoms with Crippen molar-refractivity contribution in [2.75, 3.05) is 31.1 Å². The number of benzene rings is 2. The molecule has 150 valence electrons. The quantitative estimate of drug-likeness (QED) is 0.784. The highest BCUT2D eigenvalue weighted by Crippen LogP contribution is 2.65. The predicted octanol–water partition coefficient (Wildman–Crippen LogP) is 3.60. The molecule has 29 heavy (non-hydrogen) atoms. The van der Waals surface area contributed by atoms with E-state index in [-0.39, 0.29) is 24.3 Å². The van der Waals surface area contributed by atoms with Gasteiger partial charge in [-0.25, -0.2) is 0 Å². The number of amides is 2. The number of rotatable bonds is 5. The second-order valence-corrected chi connectivity index (χ2v) is 8.41. The smallest absolute Gasteiger partial charge is 0.242 e. The minimum absolute atomic E-state index is 0.0301. The molecule has 0 unspecified atom stereocenters. The van der Waals surface area contributed by atoms with Crippen LogP contribution in [0.5, 0.6) is 5.75 Å². The van der Waals surface area contributed by atoms with E-state index in [9.17, 15) is 9.59 Å². The summed E-state index contributed by atoms with van der Waals surface area (Å²) in [4.78, 5) is 30.1. The third-order valence-corrected chi connectivity index (χ3v) is 6.59. The van der Waals surface area contributed by atoms with Crippen LogP contribution in [0.25, 0.3) is 0 Å². The maximum absolute atomic E-state index is 13.6. The van der Waals surface area contributed by atoms with Crippen molar-refractivity contribution in [1.29, 1.82) is 0 Å². The van der Waals surface area contributed by atoms with Gasteiger partial charge in [-0.2, -0.15) is 0 Å². The number of piperidine rings is 1. The molecule has 0 N–H and O–H groups in total. The third kappa shape index (κ3) is 3.18. The first-order valence-corrected chi connectivity index (χ1v) is 10.6. The molecular weight excluding hydrogens is 364 g/mol. The monoisotopic (exact) mass is 390 g/mol. The Hall–Kier alpha value is -2.82. The first-order chi connectivity index (χ1) is 14.2. The standard InChI is InChI=1S/C24H26N2O3/c27-22(25-13-7-2-8-14-25)16-26-21-12-6-5-11-19(21)20-15-24(20,23(26)28)17-29-18-9-3-1-4-10-18/h1,3-6,9-12,20H,2,7-8,13-17H2/t20-,24+/m0/s1. The van der Waals surface area contributed by atoms with Gasteiger partial charge in [0.25, 0.3) is 0 Å². The molecule has 1 saturated carbocycles. The van der Waals surface area contributed by atoms with Gasteiger partial charge in [-0.1, -0.05) is 36.4 Å². The minimum Gasteiger partial charge on any atom is -0.492 e. The Morgan fingerprint density at radius 3 is 2.52 bits per heavy atom. The van der Waals surface area contributed by atoms with Gasteiger partial charge in [-0.3, -0.25) is 9.59 Å². The van der Waals surface area contributed by atoms with Crippen LogP contribution < -0.4 is 9.64 Å². The van der Waals surface area contributed by atoms with Crippen LogP contribution in [0.1, 0.15) is 37.2 Å². The van der Waals surface area contributed by atoms with Crippen molar-refractivity contribution in [3.8, 4) is 5.75 Å². The van der Waals surface area contributed by atoms with Crippen molar-refractivity contribution in [3.05, 3.63) is 60.2 Å². The summed E-state index contributed by atoms with van der Waals surface area (Å²) in [5.41, 5.74) is 1.50. The third-order valence-electron chi connectivity index (χ3n) is 6.59. The molecule has 1 saturated heterocycles. The van der Waals surface area contributed by atoms with Crippen molar-refractivity contribution in [3.63, 3.8) is 0 Å². The lowest BCUT2D eigenvalue weighted by molar-refractivity contribution is -0.133. The van der Waals surface area contributed by atoms with Crippen molar-refractivity contribution >= 4 is 17.5 Å². The topological polar surface area (TPSA) is 49.9 Å². The number of ether oxygens (including phenoxy) is 1. The predicted molar refractivity (Wildman–Crippen MR) is 111 cm³/mol. The van der Waals surface area contributed by atoms with Crippen molar-refractivity contribution in [2.24, 2.45) is 5.41 Å². The lowest BCUT2D eigenvalue weighted by Gasteiger charge is -2.35. The van der Waals surface area contributed by atoms with Crippen molar-refractivity contribution in [2.45, 2.75) is 31.6 Å². The van der Waals surface area contributed by atoms with Gasteiger partial charge >= 0.3 is 0 Å². The zero-order valence-electron chi connectivity index (χ0n) is 16.5. The second-order valence-electron chi connectivity index (χ2n) is 8.41. The summed E-state index contributed by atoms with van der Waals surface area (Å²) in [6, 6.07) is 17.6. The van der Waals surface area contributed by atoms with Crippen LogP contribution in [0.3, 0.4) is 0 Å². The fourth-order valence-corrected chi connectivity index (χ4v) is 4.84. The Morgan fingerprint density at radius 2 is 1.72 bits per heavy atom. The lowest BCUT2D eigenvalue weighted by Crippen LogP contribution is -2.50. The van der Waals surface area contributed by atoms with Crippen LogP contribution in [-0.4, -0.2) is 43.0 Å². The zero-order valence-corrected chi connectivity index (χ0v) is 16.5. The van der Waals surface area contributed by atoms with Crippen LogP contribution in [0.4, 0.5) is 5.69 Å². The molecular formula is C24H26N2O3. The fourth-order valence-electron chi connectivity index (χ4n) is 4.84. The first kappa shape index (κ1) is 18.2. The molecule has 0 bridgehead atoms. The van der Waals surface area contributed by atoms with Gasteiger partial charge in [0.2, 0.25) is 11.8 Å². The van der Waals surface area contributed by atoms with Gasteiger partial charge in [-0.05, 0) is 49.4 Å². The molecule has 0 radical (unpaired) electrons. The van der Waals surface area contributed by atoms with Crippen molar-refractivity contribution in [1.82, 2.24) is 4.90 Å². The number of fused-ring (bicyclic) bond motifs is 3. The summed E-state index contributed by atoms with van der Waals surface area (Å²) in [5.74, 6) is 1.03. The molecule has 5 nitrogen and oxygen atoms in total. The van der Waals surface area contributed by atoms with Crippen LogP contribution >= 0.6 is 0 Å². The average Bonchev–Trinajstić information content (AvgIpc) is 3.53. The Kier molecular flexibility index (Phi) is 4.53. The highest BCUT2D eigenvalue weighted by atomic mass is 16.5. The van der Waals surface area contributed by atoms with Crippen molar-refractivity contribution < 1.29 is 14.3 Å². The van der Waals surface area contributed by atoms with E-state index in [0.29, 0.717) is 6.61 Å². The number of hydrogen-bond donors (Lipinski definition) is 0. The highest BCUT2D eigenvalue weighted by molar-refractivity contribution is 6.07. The van der Waals surface area contributed by atoms with Crippen LogP contribution in [-0.2, 0) is 9.59 Å². The fraction of sp³-hybridized carbons (Fsp3) is 0.417. The maximum Gasteiger partial charge on any atom is 0.242 e. The molecule has 2 aromatic rings.